The zero-order valence-electron chi connectivity index (χ0n) is 5.84. The minimum absolute atomic E-state index is 0.0440. The van der Waals surface area contributed by atoms with Gasteiger partial charge in [0.25, 0.3) is 0 Å². The zero-order chi connectivity index (χ0) is 6.69. The van der Waals surface area contributed by atoms with Crippen molar-refractivity contribution in [3.63, 3.8) is 0 Å². The van der Waals surface area contributed by atoms with Gasteiger partial charge in [-0.25, -0.2) is 0 Å². The Kier molecular flexibility index (Phi) is 1.28. The highest BCUT2D eigenvalue weighted by atomic mass is 16.1. The molecule has 0 aliphatic carbocycles. The molecule has 0 aromatic rings. The highest BCUT2D eigenvalue weighted by molar-refractivity contribution is 5.57. The molecule has 0 saturated carbocycles. The molecule has 1 aliphatic rings. The molecule has 1 heterocycles. The van der Waals surface area contributed by atoms with Gasteiger partial charge in [-0.1, -0.05) is 0 Å². The van der Waals surface area contributed by atoms with Crippen LogP contribution in [0.25, 0.3) is 0 Å². The first-order chi connectivity index (χ1) is 4.38. The Balaban J connectivity index is 2.41. The van der Waals surface area contributed by atoms with E-state index in [2.05, 4.69) is 0 Å². The van der Waals surface area contributed by atoms with Crippen molar-refractivity contribution in [3.8, 4) is 0 Å². The van der Waals surface area contributed by atoms with Crippen LogP contribution < -0.4 is 0 Å². The summed E-state index contributed by atoms with van der Waals surface area (Å²) in [5.41, 5.74) is 0. The van der Waals surface area contributed by atoms with Crippen LogP contribution in [0.1, 0.15) is 14.2 Å². The van der Waals surface area contributed by atoms with Gasteiger partial charge in [0.1, 0.15) is 6.29 Å². The van der Waals surface area contributed by atoms with Crippen molar-refractivity contribution >= 4 is 6.29 Å². The lowest BCUT2D eigenvalue weighted by atomic mass is 10.2. The lowest BCUT2D eigenvalue weighted by Gasteiger charge is -2.10. The third-order valence-electron chi connectivity index (χ3n) is 1.57. The van der Waals surface area contributed by atoms with Gasteiger partial charge in [-0.05, 0) is 26.4 Å². The number of carbonyl (C=O) groups excluding carboxylic acids is 1. The summed E-state index contributed by atoms with van der Waals surface area (Å²) in [6.07, 6.45) is 2.96. The van der Waals surface area contributed by atoms with E-state index >= 15 is 0 Å². The SMILES string of the molecule is [2H]CN1CCC[C@H]1C=O. The van der Waals surface area contributed by atoms with Crippen LogP contribution in [0.2, 0.25) is 0 Å². The molecule has 1 atom stereocenters. The highest BCUT2D eigenvalue weighted by Gasteiger charge is 2.18. The molecular weight excluding hydrogens is 102 g/mol. The Morgan fingerprint density at radius 2 is 2.88 bits per heavy atom. The number of carbonyl (C=O) groups is 1. The van der Waals surface area contributed by atoms with Gasteiger partial charge < -0.3 is 4.79 Å². The molecule has 2 nitrogen and oxygen atoms in total. The van der Waals surface area contributed by atoms with Crippen molar-refractivity contribution in [3.05, 3.63) is 0 Å². The van der Waals surface area contributed by atoms with Crippen molar-refractivity contribution < 1.29 is 6.17 Å². The van der Waals surface area contributed by atoms with Crippen LogP contribution in [-0.4, -0.2) is 30.8 Å². The van der Waals surface area contributed by atoms with Crippen LogP contribution in [0, 0.1) is 0 Å². The Morgan fingerprint density at radius 3 is 3.38 bits per heavy atom. The van der Waals surface area contributed by atoms with Crippen LogP contribution >= 0.6 is 0 Å². The molecule has 0 unspecified atom stereocenters. The maximum Gasteiger partial charge on any atom is 0.137 e. The van der Waals surface area contributed by atoms with Gasteiger partial charge in [0.2, 0.25) is 0 Å². The van der Waals surface area contributed by atoms with E-state index in [9.17, 15) is 4.79 Å². The minimum Gasteiger partial charge on any atom is -0.302 e. The van der Waals surface area contributed by atoms with Crippen molar-refractivity contribution in [2.24, 2.45) is 0 Å². The topological polar surface area (TPSA) is 20.3 Å². The Hall–Kier alpha value is -0.370. The standard InChI is InChI=1S/C6H11NO/c1-7-4-2-3-6(7)5-8/h5-6H,2-4H2,1H3/t6-/m0/s1/i1D. The van der Waals surface area contributed by atoms with Crippen LogP contribution in [0.5, 0.6) is 0 Å². The second kappa shape index (κ2) is 2.27. The molecule has 1 aliphatic heterocycles. The summed E-state index contributed by atoms with van der Waals surface area (Å²) in [6, 6.07) is 0.0440. The number of likely N-dealkylation sites (tertiary alicyclic amines) is 1. The van der Waals surface area contributed by atoms with Crippen molar-refractivity contribution in [1.29, 1.82) is 0 Å². The number of hydrogen-bond donors (Lipinski definition) is 0. The Morgan fingerprint density at radius 1 is 2.00 bits per heavy atom. The van der Waals surface area contributed by atoms with E-state index in [-0.39, 0.29) is 13.1 Å². The molecule has 0 N–H and O–H groups in total. The normalized spacial score (nSPS) is 32.5. The second-order valence-electron chi connectivity index (χ2n) is 2.16. The number of nitrogens with zero attached hydrogens (tertiary/aromatic N) is 1. The van der Waals surface area contributed by atoms with Crippen LogP contribution in [0.4, 0.5) is 0 Å². The smallest absolute Gasteiger partial charge is 0.137 e. The average Bonchev–Trinajstić information content (AvgIpc) is 2.33. The molecular formula is C6H11NO. The minimum atomic E-state index is 0.0440. The predicted octanol–water partition coefficient (Wildman–Crippen LogP) is 0.279. The van der Waals surface area contributed by atoms with Gasteiger partial charge >= 0.3 is 0 Å². The average molecular weight is 114 g/mol. The quantitative estimate of drug-likeness (QED) is 0.456. The lowest BCUT2D eigenvalue weighted by molar-refractivity contribution is -0.111. The second-order valence-corrected chi connectivity index (χ2v) is 2.16. The molecule has 0 amide bonds. The Labute approximate surface area is 50.9 Å². The number of rotatable bonds is 1. The molecule has 0 bridgehead atoms. The maximum absolute atomic E-state index is 10.3. The lowest BCUT2D eigenvalue weighted by Crippen LogP contribution is -2.25. The van der Waals surface area contributed by atoms with Crippen LogP contribution in [0.3, 0.4) is 0 Å². The van der Waals surface area contributed by atoms with Crippen molar-refractivity contribution in [2.45, 2.75) is 18.9 Å². The third-order valence-corrected chi connectivity index (χ3v) is 1.57. The monoisotopic (exact) mass is 114 g/mol. The third kappa shape index (κ3) is 0.892. The highest BCUT2D eigenvalue weighted by Crippen LogP contribution is 2.11. The number of likely N-dealkylation sites (N-methyl/N-ethyl adjacent to an activating group) is 1. The van der Waals surface area contributed by atoms with Gasteiger partial charge in [0.05, 0.1) is 6.04 Å². The van der Waals surface area contributed by atoms with E-state index in [0.717, 1.165) is 25.7 Å². The van der Waals surface area contributed by atoms with E-state index < -0.39 is 0 Å². The molecule has 8 heavy (non-hydrogen) atoms. The van der Waals surface area contributed by atoms with Gasteiger partial charge in [-0.3, -0.25) is 4.90 Å². The molecule has 46 valence electrons. The van der Waals surface area contributed by atoms with Crippen molar-refractivity contribution in [2.75, 3.05) is 13.6 Å². The zero-order valence-corrected chi connectivity index (χ0v) is 4.84. The first kappa shape index (κ1) is 4.50. The van der Waals surface area contributed by atoms with E-state index in [1.165, 1.54) is 0 Å². The largest absolute Gasteiger partial charge is 0.302 e. The van der Waals surface area contributed by atoms with Gasteiger partial charge in [0.15, 0.2) is 0 Å². The molecule has 0 spiro atoms. The van der Waals surface area contributed by atoms with Crippen molar-refractivity contribution in [1.82, 2.24) is 4.90 Å². The maximum atomic E-state index is 10.3. The number of hydrogen-bond acceptors (Lipinski definition) is 2. The fourth-order valence-corrected chi connectivity index (χ4v) is 1.01. The van der Waals surface area contributed by atoms with Crippen LogP contribution in [-0.2, 0) is 4.79 Å². The summed E-state index contributed by atoms with van der Waals surface area (Å²) in [4.78, 5) is 12.1. The number of aldehydes is 1. The van der Waals surface area contributed by atoms with E-state index in [0.29, 0.717) is 0 Å². The van der Waals surface area contributed by atoms with Crippen LogP contribution in [0.15, 0.2) is 0 Å². The fraction of sp³-hybridized carbons (Fsp3) is 0.833. The molecule has 0 aromatic carbocycles. The molecule has 0 radical (unpaired) electrons. The first-order valence-electron chi connectivity index (χ1n) is 3.58. The fourth-order valence-electron chi connectivity index (χ4n) is 1.01. The molecule has 1 saturated heterocycles. The summed E-state index contributed by atoms with van der Waals surface area (Å²) in [5, 5.41) is 0. The van der Waals surface area contributed by atoms with E-state index in [4.69, 9.17) is 1.37 Å². The van der Waals surface area contributed by atoms with Gasteiger partial charge in [-0.2, -0.15) is 0 Å². The van der Waals surface area contributed by atoms with E-state index in [1.807, 2.05) is 4.90 Å². The predicted molar refractivity (Wildman–Crippen MR) is 31.7 cm³/mol. The molecule has 0 aromatic heterocycles. The summed E-state index contributed by atoms with van der Waals surface area (Å²) in [5.74, 6) is 0. The summed E-state index contributed by atoms with van der Waals surface area (Å²) in [7, 11) is 0.267. The van der Waals surface area contributed by atoms with Gasteiger partial charge in [-0.15, -0.1) is 0 Å². The van der Waals surface area contributed by atoms with E-state index in [1.54, 1.807) is 0 Å². The van der Waals surface area contributed by atoms with Gasteiger partial charge in [0, 0.05) is 1.37 Å². The Bertz CT molecular complexity index is 107. The summed E-state index contributed by atoms with van der Waals surface area (Å²) >= 11 is 0. The molecule has 2 heteroatoms. The summed E-state index contributed by atoms with van der Waals surface area (Å²) in [6.45, 7) is 0.924. The first-order valence-corrected chi connectivity index (χ1v) is 2.87. The summed E-state index contributed by atoms with van der Waals surface area (Å²) < 4.78 is 7.00. The molecule has 1 rings (SSSR count). The molecule has 1 fully saturated rings.